The average Bonchev–Trinajstić information content (AvgIpc) is 3.29. The first kappa shape index (κ1) is 77.6. The smallest absolute Gasteiger partial charge is 0.744 e. The van der Waals surface area contributed by atoms with Crippen LogP contribution in [0, 0.1) is 0 Å². The van der Waals surface area contributed by atoms with E-state index in [0.29, 0.717) is 42.0 Å². The number of nitrogens with two attached hydrogens (primary N) is 2. The average molecular weight is 1290 g/mol. The van der Waals surface area contributed by atoms with E-state index in [-0.39, 0.29) is 212 Å². The van der Waals surface area contributed by atoms with Crippen molar-refractivity contribution >= 4 is 144 Å². The van der Waals surface area contributed by atoms with Crippen molar-refractivity contribution in [3.05, 3.63) is 72.0 Å². The van der Waals surface area contributed by atoms with Crippen LogP contribution in [0.2, 0.25) is 5.28 Å². The molecule has 0 atom stereocenters. The molecule has 0 aliphatic heterocycles. The van der Waals surface area contributed by atoms with Crippen LogP contribution < -0.4 is 180 Å². The summed E-state index contributed by atoms with van der Waals surface area (Å²) in [5.74, 6) is -1.96. The van der Waals surface area contributed by atoms with E-state index in [1.807, 2.05) is 0 Å². The Hall–Kier alpha value is -0.410. The number of benzene rings is 4. The summed E-state index contributed by atoms with van der Waals surface area (Å²) in [6.07, 6.45) is 0. The number of rotatable bonds is 26. The number of aromatic nitrogens is 3. The molecular weight excluding hydrogens is 1260 g/mol. The van der Waals surface area contributed by atoms with Gasteiger partial charge in [-0.15, -0.1) is 24.8 Å². The standard InChI is InChI=1S/C33H34ClN11O21S7.5Na/c1-2-45(19-4-3-5-20(15-19)69(48,49)12-10-61-68-66-64-47)33-39-31(34)38-32(40-33)37-18-6-9-25(67-65-63-46)23(14-18)42-44-30-28(35)24(17-27(29(30)36)72(55,56)57)43-41-22-8-7-21(16-26(22)71(52,53)54)70(50,51)13-11-62-73(58,59)60;;;;;/h3-9,14-17,46-47H,2,10-13,35-36H2,1H3,(H,52,53,54)(H,55,56,57)(H,58,59,60)(H,37,38,39,40);;;;;/q;5*+1/p-5. The molecule has 45 heteroatoms. The molecular formula is C33H29ClN11Na5O21S7. The monoisotopic (exact) mass is 1290 g/mol. The van der Waals surface area contributed by atoms with Gasteiger partial charge >= 0.3 is 148 Å². The fraction of sp³-hybridized carbons (Fsp3) is 0.182. The molecule has 0 aliphatic carbocycles. The Labute approximate surface area is 568 Å². The van der Waals surface area contributed by atoms with Gasteiger partial charge in [-0.25, -0.2) is 42.1 Å². The minimum Gasteiger partial charge on any atom is -0.744 e. The maximum absolute atomic E-state index is 13.0. The van der Waals surface area contributed by atoms with Gasteiger partial charge < -0.3 is 45.9 Å². The van der Waals surface area contributed by atoms with E-state index in [1.54, 1.807) is 13.0 Å². The van der Waals surface area contributed by atoms with Crippen molar-refractivity contribution in [3.8, 4) is 0 Å². The summed E-state index contributed by atoms with van der Waals surface area (Å²) in [5.41, 5.74) is 8.41. The molecule has 0 amide bonds. The third-order valence-electron chi connectivity index (χ3n) is 8.80. The predicted octanol–water partition coefficient (Wildman–Crippen LogP) is -12.7. The molecule has 1 heterocycles. The summed E-state index contributed by atoms with van der Waals surface area (Å²) >= 11 is 6.72. The van der Waals surface area contributed by atoms with Gasteiger partial charge in [0.15, 0.2) is 32.0 Å². The molecule has 32 nitrogen and oxygen atoms in total. The van der Waals surface area contributed by atoms with Crippen molar-refractivity contribution in [2.75, 3.05) is 52.9 Å². The molecule has 0 bridgehead atoms. The molecule has 4 aromatic carbocycles. The van der Waals surface area contributed by atoms with Crippen LogP contribution in [0.1, 0.15) is 6.92 Å². The van der Waals surface area contributed by atoms with Crippen molar-refractivity contribution in [1.29, 1.82) is 0 Å². The van der Waals surface area contributed by atoms with Crippen LogP contribution in [0.4, 0.5) is 57.4 Å². The van der Waals surface area contributed by atoms with Crippen LogP contribution >= 0.6 is 36.0 Å². The first-order chi connectivity index (χ1) is 34.2. The molecule has 396 valence electrons. The molecule has 0 spiro atoms. The molecule has 1 aromatic heterocycles. The largest absolute Gasteiger partial charge is 1.00 e. The molecule has 0 saturated heterocycles. The second-order valence-electron chi connectivity index (χ2n) is 13.4. The van der Waals surface area contributed by atoms with E-state index in [1.165, 1.54) is 41.3 Å². The van der Waals surface area contributed by atoms with Gasteiger partial charge in [-0.05, 0) is 79.2 Å². The molecule has 0 fully saturated rings. The van der Waals surface area contributed by atoms with E-state index in [4.69, 9.17) is 27.3 Å². The van der Waals surface area contributed by atoms with Gasteiger partial charge in [-0.2, -0.15) is 19.3 Å². The Morgan fingerprint density at radius 1 is 0.667 bits per heavy atom. The number of nitrogens with one attached hydrogen (secondary N) is 1. The van der Waals surface area contributed by atoms with E-state index < -0.39 is 112 Å². The van der Waals surface area contributed by atoms with E-state index in [0.717, 1.165) is 0 Å². The van der Waals surface area contributed by atoms with E-state index >= 15 is 0 Å². The number of hydrogen-bond donors (Lipinski definition) is 3. The molecule has 78 heavy (non-hydrogen) atoms. The van der Waals surface area contributed by atoms with Gasteiger partial charge in [0.05, 0.1) is 72.6 Å². The van der Waals surface area contributed by atoms with Crippen molar-refractivity contribution in [3.63, 3.8) is 0 Å². The van der Waals surface area contributed by atoms with Crippen molar-refractivity contribution in [2.24, 2.45) is 20.5 Å². The molecule has 0 saturated carbocycles. The van der Waals surface area contributed by atoms with Crippen molar-refractivity contribution in [2.45, 2.75) is 31.4 Å². The normalized spacial score (nSPS) is 11.9. The molecule has 5 rings (SSSR count). The molecule has 0 aliphatic rings. The zero-order chi connectivity index (χ0) is 53.9. The fourth-order valence-corrected chi connectivity index (χ4v) is 10.5. The first-order valence-electron chi connectivity index (χ1n) is 18.9. The summed E-state index contributed by atoms with van der Waals surface area (Å²) < 4.78 is 174. The van der Waals surface area contributed by atoms with Gasteiger partial charge in [0.25, 0.3) is 0 Å². The minimum absolute atomic E-state index is 0. The van der Waals surface area contributed by atoms with Gasteiger partial charge in [-0.3, -0.25) is 18.4 Å². The molecule has 0 unspecified atom stereocenters. The number of halogens is 1. The Morgan fingerprint density at radius 3 is 1.87 bits per heavy atom. The molecule has 0 radical (unpaired) electrons. The fourth-order valence-electron chi connectivity index (χ4n) is 5.66. The maximum Gasteiger partial charge on any atom is 1.00 e. The van der Waals surface area contributed by atoms with Crippen LogP contribution in [-0.4, -0.2) is 102 Å². The van der Waals surface area contributed by atoms with Crippen LogP contribution in [0.15, 0.2) is 112 Å². The van der Waals surface area contributed by atoms with Crippen LogP contribution in [-0.2, 0) is 77.4 Å². The Bertz CT molecular complexity index is 3520. The summed E-state index contributed by atoms with van der Waals surface area (Å²) in [5, 5.41) is 44.9. The van der Waals surface area contributed by atoms with Gasteiger partial charge in [0.2, 0.25) is 27.6 Å². The summed E-state index contributed by atoms with van der Waals surface area (Å²) in [4.78, 5) is 10.5. The molecule has 5 aromatic rings. The zero-order valence-electron chi connectivity index (χ0n) is 40.9. The summed E-state index contributed by atoms with van der Waals surface area (Å²) in [6, 6.07) is 11.8. The third-order valence-corrected chi connectivity index (χ3v) is 15.5. The first-order valence-corrected chi connectivity index (χ1v) is 28.2. The summed E-state index contributed by atoms with van der Waals surface area (Å²) in [6.45, 7) is 0.298. The Kier molecular flexibility index (Phi) is 34.3. The van der Waals surface area contributed by atoms with Crippen molar-refractivity contribution < 1.29 is 241 Å². The maximum atomic E-state index is 13.0. The Morgan fingerprint density at radius 2 is 1.27 bits per heavy atom. The number of hydrogen-bond acceptors (Lipinski definition) is 34. The number of nitrogen functional groups attached to an aromatic ring is 2. The topological polar surface area (TPSA) is 497 Å². The van der Waals surface area contributed by atoms with Gasteiger partial charge in [0, 0.05) is 17.9 Å². The second kappa shape index (κ2) is 34.5. The van der Waals surface area contributed by atoms with E-state index in [2.05, 4.69) is 63.7 Å². The predicted molar refractivity (Wildman–Crippen MR) is 243 cm³/mol. The minimum atomic E-state index is -5.60. The third kappa shape index (κ3) is 22.9. The number of sulfone groups is 2. The quantitative estimate of drug-likeness (QED) is 0.00533. The number of nitrogens with zero attached hydrogens (tertiary/aromatic N) is 8. The van der Waals surface area contributed by atoms with Crippen molar-refractivity contribution in [1.82, 2.24) is 15.0 Å². The zero-order valence-corrected chi connectivity index (χ0v) is 57.4. The van der Waals surface area contributed by atoms with Crippen LogP contribution in [0.25, 0.3) is 0 Å². The second-order valence-corrected chi connectivity index (χ2v) is 23.0. The SMILES string of the molecule is CCN(c1cccc(S(=O)(=O)CCOSOO[O-])c1)c1nc(Cl)nc(Nc2ccc(SOO[O-])c(N=Nc3c(N)c(N=Nc4ccc(S(=O)(=O)CCOS(=O)(=O)[O-])cc4S(=O)(=O)[O-])cc(S(=O)(=O)[O-])c3N)c2)n1.[Na+].[Na+].[Na+].[Na+].[Na+]. The van der Waals surface area contributed by atoms with Gasteiger partial charge in [0.1, 0.15) is 43.0 Å². The van der Waals surface area contributed by atoms with Crippen LogP contribution in [0.3, 0.4) is 0 Å². The van der Waals surface area contributed by atoms with Crippen LogP contribution in [0.5, 0.6) is 0 Å². The Balaban J connectivity index is 0.0000119. The number of azo groups is 2. The number of anilines is 6. The van der Waals surface area contributed by atoms with Gasteiger partial charge in [-0.1, -0.05) is 6.07 Å². The van der Waals surface area contributed by atoms with E-state index in [9.17, 15) is 66.3 Å². The summed E-state index contributed by atoms with van der Waals surface area (Å²) in [7, 11) is -25.0. The molecule has 5 N–H and O–H groups in total.